The third-order valence-electron chi connectivity index (χ3n) is 7.75. The van der Waals surface area contributed by atoms with Crippen molar-refractivity contribution < 1.29 is 9.90 Å². The number of hydrogen-bond donors (Lipinski definition) is 1. The molecule has 1 fully saturated rings. The SMILES string of the molecule is C=CCN(C)C(=O)[C@@H](C)C1CC[C@@]2(C)Cc3sc(-c4ccccc4)nc3[C@@H](C)[C@@H]2[C@H]1O. The fourth-order valence-corrected chi connectivity index (χ4v) is 7.43. The Bertz CT molecular complexity index is 956. The Balaban J connectivity index is 1.61. The number of aliphatic hydroxyl groups is 1. The lowest BCUT2D eigenvalue weighted by Gasteiger charge is -2.53. The molecule has 1 amide bonds. The highest BCUT2D eigenvalue weighted by atomic mass is 32.1. The minimum atomic E-state index is -0.500. The van der Waals surface area contributed by atoms with E-state index < -0.39 is 6.10 Å². The average Bonchev–Trinajstić information content (AvgIpc) is 3.17. The Labute approximate surface area is 190 Å². The van der Waals surface area contributed by atoms with E-state index in [1.165, 1.54) is 4.88 Å². The van der Waals surface area contributed by atoms with Gasteiger partial charge in [-0.25, -0.2) is 4.98 Å². The van der Waals surface area contributed by atoms with E-state index in [1.807, 2.05) is 20.0 Å². The van der Waals surface area contributed by atoms with Crippen LogP contribution in [-0.4, -0.2) is 40.6 Å². The zero-order valence-electron chi connectivity index (χ0n) is 19.0. The van der Waals surface area contributed by atoms with Gasteiger partial charge < -0.3 is 10.0 Å². The number of benzene rings is 1. The topological polar surface area (TPSA) is 53.4 Å². The molecule has 4 rings (SSSR count). The van der Waals surface area contributed by atoms with Crippen molar-refractivity contribution in [3.63, 3.8) is 0 Å². The molecule has 0 spiro atoms. The number of hydrogen-bond acceptors (Lipinski definition) is 4. The van der Waals surface area contributed by atoms with Crippen LogP contribution in [0.5, 0.6) is 0 Å². The molecule has 31 heavy (non-hydrogen) atoms. The van der Waals surface area contributed by atoms with Crippen LogP contribution in [0.25, 0.3) is 10.6 Å². The Morgan fingerprint density at radius 2 is 2.13 bits per heavy atom. The first-order chi connectivity index (χ1) is 14.8. The van der Waals surface area contributed by atoms with Crippen LogP contribution < -0.4 is 0 Å². The maximum absolute atomic E-state index is 12.9. The van der Waals surface area contributed by atoms with Crippen molar-refractivity contribution in [2.45, 2.75) is 52.1 Å². The number of thiazole rings is 1. The van der Waals surface area contributed by atoms with E-state index in [0.717, 1.165) is 35.5 Å². The lowest BCUT2D eigenvalue weighted by Crippen LogP contribution is -2.53. The number of likely N-dealkylation sites (N-methyl/N-ethyl adjacent to an activating group) is 1. The summed E-state index contributed by atoms with van der Waals surface area (Å²) in [5.41, 5.74) is 2.34. The van der Waals surface area contributed by atoms with Crippen molar-refractivity contribution in [2.75, 3.05) is 13.6 Å². The fourth-order valence-electron chi connectivity index (χ4n) is 6.07. The largest absolute Gasteiger partial charge is 0.392 e. The van der Waals surface area contributed by atoms with E-state index in [1.54, 1.807) is 22.3 Å². The fraction of sp³-hybridized carbons (Fsp3) is 0.538. The van der Waals surface area contributed by atoms with Gasteiger partial charge in [0.15, 0.2) is 0 Å². The van der Waals surface area contributed by atoms with E-state index in [0.29, 0.717) is 6.54 Å². The standard InChI is InChI=1S/C26H34N2O2S/c1-6-14-28(5)25(30)16(2)19-12-13-26(4)15-20-22(17(3)21(26)23(19)29)27-24(31-20)18-10-8-7-9-11-18/h6-11,16-17,19,21,23,29H,1,12-15H2,2-5H3/t16-,17-,19?,21+,23-,26-/m0/s1. The summed E-state index contributed by atoms with van der Waals surface area (Å²) in [6.45, 7) is 10.8. The van der Waals surface area contributed by atoms with Crippen LogP contribution >= 0.6 is 11.3 Å². The van der Waals surface area contributed by atoms with Gasteiger partial charge >= 0.3 is 0 Å². The molecule has 1 unspecified atom stereocenters. The van der Waals surface area contributed by atoms with Gasteiger partial charge in [-0.1, -0.05) is 57.2 Å². The van der Waals surface area contributed by atoms with Gasteiger partial charge in [-0.05, 0) is 36.5 Å². The van der Waals surface area contributed by atoms with E-state index in [-0.39, 0.29) is 35.0 Å². The van der Waals surface area contributed by atoms with Gasteiger partial charge in [0.05, 0.1) is 11.8 Å². The van der Waals surface area contributed by atoms with Crippen molar-refractivity contribution in [3.05, 3.63) is 53.6 Å². The minimum Gasteiger partial charge on any atom is -0.392 e. The van der Waals surface area contributed by atoms with Gasteiger partial charge in [0, 0.05) is 35.9 Å². The second-order valence-corrected chi connectivity index (χ2v) is 10.9. The maximum atomic E-state index is 12.9. The summed E-state index contributed by atoms with van der Waals surface area (Å²) < 4.78 is 0. The minimum absolute atomic E-state index is 0.0194. The van der Waals surface area contributed by atoms with Crippen LogP contribution in [0.2, 0.25) is 0 Å². The van der Waals surface area contributed by atoms with Crippen LogP contribution in [0, 0.1) is 23.2 Å². The zero-order chi connectivity index (χ0) is 22.3. The summed E-state index contributed by atoms with van der Waals surface area (Å²) in [5, 5.41) is 12.6. The number of aliphatic hydroxyl groups excluding tert-OH is 1. The second kappa shape index (κ2) is 8.51. The highest BCUT2D eigenvalue weighted by Gasteiger charge is 2.54. The van der Waals surface area contributed by atoms with Crippen molar-refractivity contribution in [1.82, 2.24) is 9.88 Å². The molecule has 2 aromatic rings. The molecule has 0 saturated heterocycles. The number of aromatic nitrogens is 1. The second-order valence-electron chi connectivity index (χ2n) is 9.83. The Kier molecular flexibility index (Phi) is 6.10. The molecule has 0 radical (unpaired) electrons. The third-order valence-corrected chi connectivity index (χ3v) is 8.87. The summed E-state index contributed by atoms with van der Waals surface area (Å²) >= 11 is 1.81. The molecule has 166 valence electrons. The smallest absolute Gasteiger partial charge is 0.225 e. The number of carbonyl (C=O) groups excluding carboxylic acids is 1. The molecule has 1 aromatic heterocycles. The molecule has 2 aliphatic carbocycles. The summed E-state index contributed by atoms with van der Waals surface area (Å²) in [4.78, 5) is 21.0. The molecule has 0 aliphatic heterocycles. The maximum Gasteiger partial charge on any atom is 0.225 e. The summed E-state index contributed by atoms with van der Waals surface area (Å²) in [7, 11) is 1.82. The Morgan fingerprint density at radius 3 is 2.81 bits per heavy atom. The molecular weight excluding hydrogens is 404 g/mol. The van der Waals surface area contributed by atoms with Crippen LogP contribution in [0.1, 0.15) is 50.1 Å². The average molecular weight is 439 g/mol. The van der Waals surface area contributed by atoms with Gasteiger partial charge in [-0.15, -0.1) is 17.9 Å². The molecule has 1 saturated carbocycles. The molecular formula is C26H34N2O2S. The molecule has 1 N–H and O–H groups in total. The lowest BCUT2D eigenvalue weighted by atomic mass is 9.53. The number of fused-ring (bicyclic) bond motifs is 2. The Hall–Kier alpha value is -1.98. The van der Waals surface area contributed by atoms with E-state index >= 15 is 0 Å². The molecule has 2 aliphatic rings. The van der Waals surface area contributed by atoms with E-state index in [2.05, 4.69) is 44.7 Å². The highest BCUT2D eigenvalue weighted by molar-refractivity contribution is 7.15. The summed E-state index contributed by atoms with van der Waals surface area (Å²) in [5.74, 6) is 0.164. The predicted molar refractivity (Wildman–Crippen MR) is 127 cm³/mol. The first-order valence-electron chi connectivity index (χ1n) is 11.4. The number of amides is 1. The van der Waals surface area contributed by atoms with Gasteiger partial charge in [-0.3, -0.25) is 4.79 Å². The molecule has 1 heterocycles. The normalized spacial score (nSPS) is 30.7. The van der Waals surface area contributed by atoms with E-state index in [9.17, 15) is 9.90 Å². The van der Waals surface area contributed by atoms with Gasteiger partial charge in [-0.2, -0.15) is 0 Å². The van der Waals surface area contributed by atoms with Crippen molar-refractivity contribution in [2.24, 2.45) is 23.2 Å². The first-order valence-corrected chi connectivity index (χ1v) is 12.2. The molecule has 1 aromatic carbocycles. The van der Waals surface area contributed by atoms with Gasteiger partial charge in [0.25, 0.3) is 0 Å². The quantitative estimate of drug-likeness (QED) is 0.658. The number of rotatable bonds is 5. The Morgan fingerprint density at radius 1 is 1.42 bits per heavy atom. The molecule has 5 heteroatoms. The molecule has 0 bridgehead atoms. The highest BCUT2D eigenvalue weighted by Crippen LogP contribution is 2.57. The molecule has 4 nitrogen and oxygen atoms in total. The first kappa shape index (κ1) is 22.2. The monoisotopic (exact) mass is 438 g/mol. The van der Waals surface area contributed by atoms with Gasteiger partial charge in [0.2, 0.25) is 5.91 Å². The third kappa shape index (κ3) is 3.87. The predicted octanol–water partition coefficient (Wildman–Crippen LogP) is 5.14. The zero-order valence-corrected chi connectivity index (χ0v) is 19.9. The van der Waals surface area contributed by atoms with Crippen molar-refractivity contribution >= 4 is 17.2 Å². The van der Waals surface area contributed by atoms with E-state index in [4.69, 9.17) is 4.98 Å². The van der Waals surface area contributed by atoms with Crippen LogP contribution in [0.4, 0.5) is 0 Å². The number of carbonyl (C=O) groups is 1. The van der Waals surface area contributed by atoms with Gasteiger partial charge in [0.1, 0.15) is 5.01 Å². The van der Waals surface area contributed by atoms with Crippen LogP contribution in [0.3, 0.4) is 0 Å². The van der Waals surface area contributed by atoms with Crippen LogP contribution in [-0.2, 0) is 11.2 Å². The summed E-state index contributed by atoms with van der Waals surface area (Å²) in [6, 6.07) is 10.4. The molecule has 6 atom stereocenters. The number of nitrogens with zero attached hydrogens (tertiary/aromatic N) is 2. The lowest BCUT2D eigenvalue weighted by molar-refractivity contribution is -0.143. The van der Waals surface area contributed by atoms with Crippen LogP contribution in [0.15, 0.2) is 43.0 Å². The van der Waals surface area contributed by atoms with Crippen molar-refractivity contribution in [1.29, 1.82) is 0 Å². The van der Waals surface area contributed by atoms with Crippen molar-refractivity contribution in [3.8, 4) is 10.6 Å². The summed E-state index contributed by atoms with van der Waals surface area (Å²) in [6.07, 6.45) is 4.13.